The molecule has 0 unspecified atom stereocenters. The first-order valence-corrected chi connectivity index (χ1v) is 10.6. The highest BCUT2D eigenvalue weighted by Gasteiger charge is 2.23. The summed E-state index contributed by atoms with van der Waals surface area (Å²) in [6.45, 7) is 2.33. The van der Waals surface area contributed by atoms with E-state index < -0.39 is 5.97 Å². The Labute approximate surface area is 192 Å². The summed E-state index contributed by atoms with van der Waals surface area (Å²) in [4.78, 5) is 28.9. The van der Waals surface area contributed by atoms with Crippen molar-refractivity contribution in [3.05, 3.63) is 85.6 Å². The Morgan fingerprint density at radius 1 is 1.19 bits per heavy atom. The molecular weight excluding hydrogens is 451 g/mol. The fourth-order valence-electron chi connectivity index (χ4n) is 3.92. The van der Waals surface area contributed by atoms with Gasteiger partial charge in [0.25, 0.3) is 5.56 Å². The number of para-hydroxylation sites is 1. The Balaban J connectivity index is 1.65. The van der Waals surface area contributed by atoms with E-state index in [1.54, 1.807) is 15.3 Å². The lowest BCUT2D eigenvalue weighted by atomic mass is 10.1. The second-order valence-electron chi connectivity index (χ2n) is 7.50. The van der Waals surface area contributed by atoms with Crippen LogP contribution in [0.3, 0.4) is 0 Å². The zero-order valence-electron chi connectivity index (χ0n) is 16.8. The number of carboxylic acid groups (broad SMARTS) is 1. The normalized spacial score (nSPS) is 14.3. The maximum Gasteiger partial charge on any atom is 0.335 e. The van der Waals surface area contributed by atoms with Crippen molar-refractivity contribution >= 4 is 51.7 Å². The molecule has 0 aliphatic carbocycles. The molecule has 32 heavy (non-hydrogen) atoms. The van der Waals surface area contributed by atoms with Crippen molar-refractivity contribution < 1.29 is 9.90 Å². The Morgan fingerprint density at radius 3 is 2.72 bits per heavy atom. The van der Waals surface area contributed by atoms with E-state index in [4.69, 9.17) is 23.2 Å². The molecule has 0 radical (unpaired) electrons. The molecule has 0 amide bonds. The van der Waals surface area contributed by atoms with Gasteiger partial charge in [-0.05, 0) is 55.3 Å². The molecule has 1 N–H and O–H groups in total. The van der Waals surface area contributed by atoms with Crippen molar-refractivity contribution in [3.8, 4) is 5.69 Å². The average Bonchev–Trinajstić information content (AvgIpc) is 3.30. The minimum absolute atomic E-state index is 0.0813. The molecule has 0 spiro atoms. The van der Waals surface area contributed by atoms with E-state index in [2.05, 4.69) is 10.1 Å². The highest BCUT2D eigenvalue weighted by Crippen LogP contribution is 2.33. The summed E-state index contributed by atoms with van der Waals surface area (Å²) in [5, 5.41) is 15.1. The molecule has 0 atom stereocenters. The Bertz CT molecular complexity index is 1520. The molecule has 160 valence electrons. The van der Waals surface area contributed by atoms with Gasteiger partial charge >= 0.3 is 5.97 Å². The van der Waals surface area contributed by atoms with Crippen molar-refractivity contribution in [3.63, 3.8) is 0 Å². The number of aromatic carboxylic acids is 1. The van der Waals surface area contributed by atoms with E-state index in [0.717, 1.165) is 5.57 Å². The minimum Gasteiger partial charge on any atom is -0.478 e. The number of hydrogen-bond acceptors (Lipinski definition) is 4. The van der Waals surface area contributed by atoms with Crippen LogP contribution in [-0.4, -0.2) is 30.4 Å². The van der Waals surface area contributed by atoms with Crippen LogP contribution >= 0.6 is 23.2 Å². The molecule has 2 aromatic heterocycles. The van der Waals surface area contributed by atoms with Gasteiger partial charge in [0.2, 0.25) is 0 Å². The summed E-state index contributed by atoms with van der Waals surface area (Å²) >= 11 is 13.0. The van der Waals surface area contributed by atoms with Crippen LogP contribution in [0.1, 0.15) is 33.9 Å². The summed E-state index contributed by atoms with van der Waals surface area (Å²) in [5.74, 6) is -0.564. The highest BCUT2D eigenvalue weighted by molar-refractivity contribution is 6.33. The van der Waals surface area contributed by atoms with Crippen molar-refractivity contribution in [1.82, 2.24) is 19.3 Å². The molecule has 0 saturated carbocycles. The zero-order chi connectivity index (χ0) is 22.6. The topological polar surface area (TPSA) is 90.0 Å². The van der Waals surface area contributed by atoms with Gasteiger partial charge in [-0.1, -0.05) is 35.3 Å². The SMILES string of the molecule is Cc1nn(-c2ccccc2Cl)c(Cl)c1/C=C1\CCn2c1nc1cc(C(=O)O)ccc1c2=O. The number of allylic oxidation sites excluding steroid dienone is 1. The summed E-state index contributed by atoms with van der Waals surface area (Å²) < 4.78 is 3.19. The van der Waals surface area contributed by atoms with Crippen LogP contribution in [0.25, 0.3) is 28.2 Å². The van der Waals surface area contributed by atoms with Crippen LogP contribution in [0.4, 0.5) is 0 Å². The van der Waals surface area contributed by atoms with Crippen LogP contribution in [-0.2, 0) is 6.54 Å². The fraction of sp³-hybridized carbons (Fsp3) is 0.130. The number of benzene rings is 2. The first-order chi connectivity index (χ1) is 15.3. The van der Waals surface area contributed by atoms with E-state index in [1.165, 1.54) is 18.2 Å². The Morgan fingerprint density at radius 2 is 1.97 bits per heavy atom. The maximum atomic E-state index is 13.0. The maximum absolute atomic E-state index is 13.0. The zero-order valence-corrected chi connectivity index (χ0v) is 18.4. The molecule has 2 aromatic carbocycles. The number of hydrogen-bond donors (Lipinski definition) is 1. The molecule has 4 aromatic rings. The second kappa shape index (κ2) is 7.62. The molecule has 1 aliphatic rings. The number of carbonyl (C=O) groups is 1. The van der Waals surface area contributed by atoms with E-state index >= 15 is 0 Å². The van der Waals surface area contributed by atoms with Gasteiger partial charge in [0.05, 0.1) is 32.9 Å². The van der Waals surface area contributed by atoms with E-state index in [0.29, 0.717) is 56.8 Å². The third kappa shape index (κ3) is 3.21. The molecule has 9 heteroatoms. The number of fused-ring (bicyclic) bond motifs is 2. The van der Waals surface area contributed by atoms with Gasteiger partial charge in [0.15, 0.2) is 0 Å². The monoisotopic (exact) mass is 466 g/mol. The standard InChI is InChI=1S/C23H16Cl2N4O3/c1-12-16(20(25)29(27-12)19-5-3-2-4-17(19)24)10-13-8-9-28-21(13)26-18-11-14(23(31)32)6-7-15(18)22(28)30/h2-7,10-11H,8-9H2,1H3,(H,31,32)/b13-10+. The Kier molecular flexibility index (Phi) is 4.87. The van der Waals surface area contributed by atoms with E-state index in [-0.39, 0.29) is 11.1 Å². The predicted octanol–water partition coefficient (Wildman–Crippen LogP) is 4.84. The first-order valence-electron chi connectivity index (χ1n) is 9.84. The molecule has 3 heterocycles. The number of carboxylic acids is 1. The molecule has 0 fully saturated rings. The summed E-state index contributed by atoms with van der Waals surface area (Å²) in [6.07, 6.45) is 2.48. The van der Waals surface area contributed by atoms with Crippen LogP contribution in [0.15, 0.2) is 47.3 Å². The number of halogens is 2. The number of nitrogens with zero attached hydrogens (tertiary/aromatic N) is 4. The van der Waals surface area contributed by atoms with Crippen LogP contribution in [0.5, 0.6) is 0 Å². The van der Waals surface area contributed by atoms with Crippen LogP contribution < -0.4 is 5.56 Å². The van der Waals surface area contributed by atoms with E-state index in [1.807, 2.05) is 31.2 Å². The molecular formula is C23H16Cl2N4O3. The van der Waals surface area contributed by atoms with Gasteiger partial charge in [0, 0.05) is 12.1 Å². The van der Waals surface area contributed by atoms with Crippen molar-refractivity contribution in [2.24, 2.45) is 0 Å². The summed E-state index contributed by atoms with van der Waals surface area (Å²) in [7, 11) is 0. The van der Waals surface area contributed by atoms with E-state index in [9.17, 15) is 14.7 Å². The molecule has 5 rings (SSSR count). The van der Waals surface area contributed by atoms with Crippen LogP contribution in [0, 0.1) is 6.92 Å². The predicted molar refractivity (Wildman–Crippen MR) is 124 cm³/mol. The largest absolute Gasteiger partial charge is 0.478 e. The minimum atomic E-state index is -1.07. The number of aromatic nitrogens is 4. The molecule has 0 bridgehead atoms. The first kappa shape index (κ1) is 20.5. The Hall–Kier alpha value is -3.42. The average molecular weight is 467 g/mol. The molecule has 7 nitrogen and oxygen atoms in total. The lowest BCUT2D eigenvalue weighted by molar-refractivity contribution is 0.0697. The second-order valence-corrected chi connectivity index (χ2v) is 8.27. The lowest BCUT2D eigenvalue weighted by Crippen LogP contribution is -2.21. The highest BCUT2D eigenvalue weighted by atomic mass is 35.5. The van der Waals surface area contributed by atoms with Crippen molar-refractivity contribution in [2.45, 2.75) is 19.9 Å². The lowest BCUT2D eigenvalue weighted by Gasteiger charge is -2.07. The van der Waals surface area contributed by atoms with Gasteiger partial charge in [0.1, 0.15) is 11.0 Å². The van der Waals surface area contributed by atoms with Gasteiger partial charge in [-0.25, -0.2) is 14.5 Å². The van der Waals surface area contributed by atoms with Crippen LogP contribution in [0.2, 0.25) is 10.2 Å². The summed E-state index contributed by atoms with van der Waals surface area (Å²) in [5.41, 5.74) is 3.15. The fourth-order valence-corrected chi connectivity index (χ4v) is 4.46. The molecule has 1 aliphatic heterocycles. The van der Waals surface area contributed by atoms with Gasteiger partial charge in [-0.3, -0.25) is 9.36 Å². The van der Waals surface area contributed by atoms with Crippen molar-refractivity contribution in [2.75, 3.05) is 0 Å². The van der Waals surface area contributed by atoms with Crippen molar-refractivity contribution in [1.29, 1.82) is 0 Å². The van der Waals surface area contributed by atoms with Gasteiger partial charge in [-0.15, -0.1) is 0 Å². The van der Waals surface area contributed by atoms with Gasteiger partial charge < -0.3 is 5.11 Å². The number of rotatable bonds is 3. The third-order valence-electron chi connectivity index (χ3n) is 5.54. The molecule has 0 saturated heterocycles. The quantitative estimate of drug-likeness (QED) is 0.466. The summed E-state index contributed by atoms with van der Waals surface area (Å²) in [6, 6.07) is 11.6. The third-order valence-corrected chi connectivity index (χ3v) is 6.22. The number of aryl methyl sites for hydroxylation is 1. The van der Waals surface area contributed by atoms with Gasteiger partial charge in [-0.2, -0.15) is 5.10 Å². The smallest absolute Gasteiger partial charge is 0.335 e.